The Kier molecular flexibility index (Phi) is 4.34. The molecule has 0 amide bonds. The molecule has 9 heteroatoms. The molecule has 0 radical (unpaired) electrons. The van der Waals surface area contributed by atoms with Crippen molar-refractivity contribution in [1.29, 1.82) is 0 Å². The summed E-state index contributed by atoms with van der Waals surface area (Å²) in [6, 6.07) is 13.0. The average molecular weight is 386 g/mol. The summed E-state index contributed by atoms with van der Waals surface area (Å²) >= 11 is 0. The number of para-hydroxylation sites is 1. The smallest absolute Gasteiger partial charge is 0.405 e. The highest BCUT2D eigenvalue weighted by molar-refractivity contribution is 5.72. The molecule has 4 rings (SSSR count). The first-order chi connectivity index (χ1) is 13.4. The molecule has 0 N–H and O–H groups in total. The highest BCUT2D eigenvalue weighted by Gasteiger charge is 2.32. The number of alkyl halides is 3. The van der Waals surface area contributed by atoms with Crippen LogP contribution in [0.3, 0.4) is 0 Å². The lowest BCUT2D eigenvalue weighted by atomic mass is 10.0. The van der Waals surface area contributed by atoms with Crippen molar-refractivity contribution in [3.63, 3.8) is 0 Å². The average Bonchev–Trinajstić information content (AvgIpc) is 3.30. The third-order valence-electron chi connectivity index (χ3n) is 3.90. The molecule has 0 fully saturated rings. The van der Waals surface area contributed by atoms with Crippen molar-refractivity contribution in [3.05, 3.63) is 66.9 Å². The Morgan fingerprint density at radius 3 is 2.64 bits per heavy atom. The van der Waals surface area contributed by atoms with Crippen LogP contribution in [0.15, 0.2) is 65.6 Å². The molecule has 0 spiro atoms. The number of hydrogen-bond acceptors (Lipinski definition) is 5. The van der Waals surface area contributed by atoms with Gasteiger partial charge in [0.25, 0.3) is 5.89 Å². The fraction of sp³-hybridized carbons (Fsp3) is 0.105. The molecule has 28 heavy (non-hydrogen) atoms. The molecule has 0 saturated heterocycles. The highest BCUT2D eigenvalue weighted by Crippen LogP contribution is 2.34. The molecular formula is C19H13F3N4O2. The van der Waals surface area contributed by atoms with Gasteiger partial charge >= 0.3 is 6.36 Å². The van der Waals surface area contributed by atoms with Crippen molar-refractivity contribution >= 4 is 0 Å². The maximum Gasteiger partial charge on any atom is 0.573 e. The summed E-state index contributed by atoms with van der Waals surface area (Å²) < 4.78 is 49.0. The van der Waals surface area contributed by atoms with Gasteiger partial charge in [0.2, 0.25) is 0 Å². The second-order valence-electron chi connectivity index (χ2n) is 5.91. The molecule has 0 aliphatic rings. The van der Waals surface area contributed by atoms with Gasteiger partial charge in [-0.2, -0.15) is 4.98 Å². The van der Waals surface area contributed by atoms with Crippen LogP contribution in [0.1, 0.15) is 5.82 Å². The standard InChI is InChI=1S/C19H13F3N4O2/c1-12-24-18(28-25-12)16-10-26(11-23-16)14-6-4-5-13(9-14)15-7-2-3-8-17(15)27-19(20,21)22/h2-11H,1H3. The van der Waals surface area contributed by atoms with Crippen LogP contribution in [0.25, 0.3) is 28.4 Å². The van der Waals surface area contributed by atoms with Crippen molar-refractivity contribution in [3.8, 4) is 34.1 Å². The minimum absolute atomic E-state index is 0.264. The van der Waals surface area contributed by atoms with E-state index in [2.05, 4.69) is 19.9 Å². The molecule has 0 saturated carbocycles. The molecule has 6 nitrogen and oxygen atoms in total. The highest BCUT2D eigenvalue weighted by atomic mass is 19.4. The van der Waals surface area contributed by atoms with E-state index < -0.39 is 6.36 Å². The molecule has 142 valence electrons. The molecule has 0 atom stereocenters. The molecule has 2 aromatic carbocycles. The minimum atomic E-state index is -4.77. The summed E-state index contributed by atoms with van der Waals surface area (Å²) in [7, 11) is 0. The lowest BCUT2D eigenvalue weighted by Crippen LogP contribution is -2.17. The predicted octanol–water partition coefficient (Wildman–Crippen LogP) is 4.80. The summed E-state index contributed by atoms with van der Waals surface area (Å²) in [6.45, 7) is 1.70. The van der Waals surface area contributed by atoms with E-state index in [9.17, 15) is 13.2 Å². The fourth-order valence-corrected chi connectivity index (χ4v) is 2.73. The first kappa shape index (κ1) is 17.8. The molecule has 2 aromatic heterocycles. The zero-order chi connectivity index (χ0) is 19.7. The number of benzene rings is 2. The van der Waals surface area contributed by atoms with Crippen molar-refractivity contribution < 1.29 is 22.4 Å². The second-order valence-corrected chi connectivity index (χ2v) is 5.91. The minimum Gasteiger partial charge on any atom is -0.405 e. The Balaban J connectivity index is 1.69. The number of ether oxygens (including phenoxy) is 1. The van der Waals surface area contributed by atoms with Gasteiger partial charge < -0.3 is 13.8 Å². The Hall–Kier alpha value is -3.62. The fourth-order valence-electron chi connectivity index (χ4n) is 2.73. The maximum atomic E-state index is 12.7. The normalized spacial score (nSPS) is 11.6. The van der Waals surface area contributed by atoms with Crippen LogP contribution in [0, 0.1) is 6.92 Å². The molecule has 0 aliphatic carbocycles. The van der Waals surface area contributed by atoms with Crippen molar-refractivity contribution in [2.24, 2.45) is 0 Å². The van der Waals surface area contributed by atoms with Gasteiger partial charge in [0.1, 0.15) is 17.8 Å². The van der Waals surface area contributed by atoms with Gasteiger partial charge in [0, 0.05) is 17.4 Å². The van der Waals surface area contributed by atoms with Gasteiger partial charge in [-0.3, -0.25) is 0 Å². The Morgan fingerprint density at radius 2 is 1.89 bits per heavy atom. The van der Waals surface area contributed by atoms with Crippen LogP contribution in [-0.2, 0) is 0 Å². The first-order valence-electron chi connectivity index (χ1n) is 8.19. The van der Waals surface area contributed by atoms with Crippen LogP contribution in [0.2, 0.25) is 0 Å². The third-order valence-corrected chi connectivity index (χ3v) is 3.90. The molecule has 0 aliphatic heterocycles. The van der Waals surface area contributed by atoms with Gasteiger partial charge in [-0.1, -0.05) is 35.5 Å². The molecular weight excluding hydrogens is 373 g/mol. The zero-order valence-corrected chi connectivity index (χ0v) is 14.5. The Labute approximate surface area is 157 Å². The van der Waals surface area contributed by atoms with Gasteiger partial charge in [-0.25, -0.2) is 4.98 Å². The summed E-state index contributed by atoms with van der Waals surface area (Å²) in [6.07, 6.45) is -1.51. The first-order valence-corrected chi connectivity index (χ1v) is 8.19. The zero-order valence-electron chi connectivity index (χ0n) is 14.5. The van der Waals surface area contributed by atoms with E-state index in [1.165, 1.54) is 12.1 Å². The molecule has 0 unspecified atom stereocenters. The molecule has 0 bridgehead atoms. The SMILES string of the molecule is Cc1noc(-c2cn(-c3cccc(-c4ccccc4OC(F)(F)F)c3)cn2)n1. The van der Waals surface area contributed by atoms with Crippen LogP contribution >= 0.6 is 0 Å². The van der Waals surface area contributed by atoms with E-state index >= 15 is 0 Å². The number of nitrogens with zero attached hydrogens (tertiary/aromatic N) is 4. The summed E-state index contributed by atoms with van der Waals surface area (Å²) in [5.74, 6) is 0.518. The van der Waals surface area contributed by atoms with E-state index in [0.717, 1.165) is 0 Å². The quantitative estimate of drug-likeness (QED) is 0.504. The summed E-state index contributed by atoms with van der Waals surface area (Å²) in [5.41, 5.74) is 2.09. The summed E-state index contributed by atoms with van der Waals surface area (Å²) in [4.78, 5) is 8.36. The van der Waals surface area contributed by atoms with Crippen LogP contribution in [-0.4, -0.2) is 26.1 Å². The largest absolute Gasteiger partial charge is 0.573 e. The number of hydrogen-bond donors (Lipinski definition) is 0. The topological polar surface area (TPSA) is 66.0 Å². The van der Waals surface area contributed by atoms with E-state index in [-0.39, 0.29) is 11.6 Å². The molecule has 2 heterocycles. The van der Waals surface area contributed by atoms with Gasteiger partial charge in [-0.05, 0) is 30.7 Å². The lowest BCUT2D eigenvalue weighted by molar-refractivity contribution is -0.274. The van der Waals surface area contributed by atoms with Crippen LogP contribution in [0.4, 0.5) is 13.2 Å². The van der Waals surface area contributed by atoms with E-state index in [1.807, 2.05) is 0 Å². The van der Waals surface area contributed by atoms with Crippen LogP contribution < -0.4 is 4.74 Å². The second kappa shape index (κ2) is 6.84. The van der Waals surface area contributed by atoms with Crippen LogP contribution in [0.5, 0.6) is 5.75 Å². The van der Waals surface area contributed by atoms with E-state index in [4.69, 9.17) is 4.52 Å². The maximum absolute atomic E-state index is 12.7. The van der Waals surface area contributed by atoms with E-state index in [1.54, 1.807) is 60.4 Å². The number of rotatable bonds is 4. The van der Waals surface area contributed by atoms with Crippen molar-refractivity contribution in [1.82, 2.24) is 19.7 Å². The monoisotopic (exact) mass is 386 g/mol. The summed E-state index contributed by atoms with van der Waals surface area (Å²) in [5, 5.41) is 3.73. The molecule has 4 aromatic rings. The van der Waals surface area contributed by atoms with Crippen molar-refractivity contribution in [2.75, 3.05) is 0 Å². The Morgan fingerprint density at radius 1 is 1.07 bits per heavy atom. The Bertz CT molecular complexity index is 1120. The van der Waals surface area contributed by atoms with Gasteiger partial charge in [0.15, 0.2) is 5.82 Å². The lowest BCUT2D eigenvalue weighted by Gasteiger charge is -2.14. The van der Waals surface area contributed by atoms with Crippen molar-refractivity contribution in [2.45, 2.75) is 13.3 Å². The number of aryl methyl sites for hydroxylation is 1. The predicted molar refractivity (Wildman–Crippen MR) is 93.7 cm³/mol. The van der Waals surface area contributed by atoms with Gasteiger partial charge in [-0.15, -0.1) is 13.2 Å². The van der Waals surface area contributed by atoms with E-state index in [0.29, 0.717) is 28.3 Å². The van der Waals surface area contributed by atoms with Gasteiger partial charge in [0.05, 0.1) is 0 Å². The number of imidazole rings is 1. The number of halogens is 3. The number of aromatic nitrogens is 4. The third kappa shape index (κ3) is 3.73.